The van der Waals surface area contributed by atoms with Gasteiger partial charge in [-0.15, -0.1) is 0 Å². The predicted octanol–water partition coefficient (Wildman–Crippen LogP) is 1.66. The number of hydrogen-bond acceptors (Lipinski definition) is 4. The Hall–Kier alpha value is -1.62. The van der Waals surface area contributed by atoms with Crippen LogP contribution in [-0.2, 0) is 9.53 Å². The molecule has 1 aromatic rings. The summed E-state index contributed by atoms with van der Waals surface area (Å²) in [5.41, 5.74) is -0.512. The van der Waals surface area contributed by atoms with Crippen LogP contribution in [0.15, 0.2) is 18.2 Å². The number of carbonyl (C=O) groups excluding carboxylic acids is 1. The number of esters is 1. The molecule has 5 heteroatoms. The lowest BCUT2D eigenvalue weighted by atomic mass is 10.1. The third-order valence-electron chi connectivity index (χ3n) is 2.86. The van der Waals surface area contributed by atoms with Crippen LogP contribution in [0.25, 0.3) is 0 Å². The molecule has 0 bridgehead atoms. The van der Waals surface area contributed by atoms with E-state index in [1.165, 1.54) is 13.2 Å². The van der Waals surface area contributed by atoms with Crippen molar-refractivity contribution in [2.45, 2.75) is 19.4 Å². The molecule has 1 atom stereocenters. The lowest BCUT2D eigenvalue weighted by Gasteiger charge is -2.26. The second kappa shape index (κ2) is 5.82. The quantitative estimate of drug-likeness (QED) is 0.813. The fraction of sp³-hybridized carbons (Fsp3) is 0.462. The average molecular weight is 255 g/mol. The molecule has 100 valence electrons. The number of ether oxygens (including phenoxy) is 2. The maximum absolute atomic E-state index is 13.7. The second-order valence-corrected chi connectivity index (χ2v) is 4.25. The summed E-state index contributed by atoms with van der Waals surface area (Å²) in [7, 11) is 2.91. The fourth-order valence-corrected chi connectivity index (χ4v) is 1.41. The van der Waals surface area contributed by atoms with Crippen LogP contribution in [0.4, 0.5) is 4.39 Å². The van der Waals surface area contributed by atoms with Gasteiger partial charge in [-0.3, -0.25) is 0 Å². The lowest BCUT2D eigenvalue weighted by molar-refractivity contribution is -0.149. The molecule has 1 N–H and O–H groups in total. The van der Waals surface area contributed by atoms with E-state index in [4.69, 9.17) is 4.74 Å². The summed E-state index contributed by atoms with van der Waals surface area (Å²) in [5, 5.41) is 2.81. The van der Waals surface area contributed by atoms with Gasteiger partial charge in [0.1, 0.15) is 12.1 Å². The first-order chi connectivity index (χ1) is 8.44. The van der Waals surface area contributed by atoms with E-state index < -0.39 is 17.3 Å². The third-order valence-corrected chi connectivity index (χ3v) is 2.86. The van der Waals surface area contributed by atoms with E-state index in [2.05, 4.69) is 10.1 Å². The predicted molar refractivity (Wildman–Crippen MR) is 66.1 cm³/mol. The molecule has 0 fully saturated rings. The Bertz CT molecular complexity index is 436. The number of benzene rings is 1. The van der Waals surface area contributed by atoms with Crippen molar-refractivity contribution in [1.29, 1.82) is 0 Å². The number of hydrogen-bond donors (Lipinski definition) is 1. The zero-order chi connectivity index (χ0) is 13.8. The van der Waals surface area contributed by atoms with Gasteiger partial charge in [0, 0.05) is 0 Å². The number of methoxy groups -OCH3 is 1. The lowest BCUT2D eigenvalue weighted by Crippen LogP contribution is -2.52. The topological polar surface area (TPSA) is 47.6 Å². The van der Waals surface area contributed by atoms with E-state index >= 15 is 0 Å². The minimum atomic E-state index is -1.01. The SMILES string of the molecule is CNC(C)(COc1cccc(C)c1F)C(=O)OC. The Morgan fingerprint density at radius 2 is 2.17 bits per heavy atom. The van der Waals surface area contributed by atoms with Gasteiger partial charge in [0.15, 0.2) is 11.6 Å². The van der Waals surface area contributed by atoms with Gasteiger partial charge < -0.3 is 14.8 Å². The van der Waals surface area contributed by atoms with Crippen LogP contribution >= 0.6 is 0 Å². The number of likely N-dealkylation sites (N-methyl/N-ethyl adjacent to an activating group) is 1. The molecular formula is C13H18FNO3. The summed E-state index contributed by atoms with van der Waals surface area (Å²) in [6, 6.07) is 4.87. The van der Waals surface area contributed by atoms with E-state index in [-0.39, 0.29) is 12.4 Å². The van der Waals surface area contributed by atoms with E-state index in [0.29, 0.717) is 5.56 Å². The Labute approximate surface area is 106 Å². The molecule has 0 saturated carbocycles. The van der Waals surface area contributed by atoms with Crippen molar-refractivity contribution in [3.8, 4) is 5.75 Å². The van der Waals surface area contributed by atoms with E-state index in [1.54, 1.807) is 33.0 Å². The number of aryl methyl sites for hydroxylation is 1. The van der Waals surface area contributed by atoms with Crippen LogP contribution in [0.5, 0.6) is 5.75 Å². The average Bonchev–Trinajstić information content (AvgIpc) is 2.39. The Kier molecular flexibility index (Phi) is 4.67. The molecule has 0 radical (unpaired) electrons. The molecule has 0 aliphatic heterocycles. The highest BCUT2D eigenvalue weighted by molar-refractivity contribution is 5.80. The molecule has 0 aliphatic carbocycles. The van der Waals surface area contributed by atoms with Crippen LogP contribution in [-0.4, -0.2) is 32.3 Å². The standard InChI is InChI=1S/C13H18FNO3/c1-9-6-5-7-10(11(9)14)18-8-13(2,15-3)12(16)17-4/h5-7,15H,8H2,1-4H3. The summed E-state index contributed by atoms with van der Waals surface area (Å²) in [4.78, 5) is 11.6. The molecule has 0 aliphatic rings. The zero-order valence-corrected chi connectivity index (χ0v) is 11.0. The largest absolute Gasteiger partial charge is 0.488 e. The first-order valence-electron chi connectivity index (χ1n) is 5.60. The van der Waals surface area contributed by atoms with Crippen molar-refractivity contribution >= 4 is 5.97 Å². The Balaban J connectivity index is 2.80. The van der Waals surface area contributed by atoms with E-state index in [9.17, 15) is 9.18 Å². The van der Waals surface area contributed by atoms with Crippen molar-refractivity contribution in [3.63, 3.8) is 0 Å². The molecule has 1 unspecified atom stereocenters. The van der Waals surface area contributed by atoms with E-state index in [0.717, 1.165) is 0 Å². The zero-order valence-electron chi connectivity index (χ0n) is 11.0. The maximum atomic E-state index is 13.7. The van der Waals surface area contributed by atoms with Crippen molar-refractivity contribution < 1.29 is 18.7 Å². The van der Waals surface area contributed by atoms with Gasteiger partial charge in [0.05, 0.1) is 7.11 Å². The molecule has 0 saturated heterocycles. The van der Waals surface area contributed by atoms with Gasteiger partial charge >= 0.3 is 5.97 Å². The van der Waals surface area contributed by atoms with Gasteiger partial charge in [-0.25, -0.2) is 9.18 Å². The highest BCUT2D eigenvalue weighted by Crippen LogP contribution is 2.21. The maximum Gasteiger partial charge on any atom is 0.329 e. The molecule has 4 nitrogen and oxygen atoms in total. The molecular weight excluding hydrogens is 237 g/mol. The van der Waals surface area contributed by atoms with Gasteiger partial charge in [0.2, 0.25) is 0 Å². The molecule has 0 heterocycles. The van der Waals surface area contributed by atoms with Gasteiger partial charge in [-0.2, -0.15) is 0 Å². The summed E-state index contributed by atoms with van der Waals surface area (Å²) < 4.78 is 23.7. The minimum Gasteiger partial charge on any atom is -0.488 e. The minimum absolute atomic E-state index is 0.0173. The van der Waals surface area contributed by atoms with Crippen LogP contribution in [0.1, 0.15) is 12.5 Å². The Morgan fingerprint density at radius 3 is 2.72 bits per heavy atom. The van der Waals surface area contributed by atoms with E-state index in [1.807, 2.05) is 0 Å². The van der Waals surface area contributed by atoms with Crippen molar-refractivity contribution in [2.24, 2.45) is 0 Å². The first-order valence-corrected chi connectivity index (χ1v) is 5.60. The third kappa shape index (κ3) is 2.98. The number of nitrogens with one attached hydrogen (secondary N) is 1. The smallest absolute Gasteiger partial charge is 0.329 e. The summed E-state index contributed by atoms with van der Waals surface area (Å²) in [6.07, 6.45) is 0. The summed E-state index contributed by atoms with van der Waals surface area (Å²) >= 11 is 0. The van der Waals surface area contributed by atoms with Gasteiger partial charge in [0.25, 0.3) is 0 Å². The normalized spacial score (nSPS) is 13.8. The molecule has 1 aromatic carbocycles. The summed E-state index contributed by atoms with van der Waals surface area (Å²) in [5.74, 6) is -0.751. The number of rotatable bonds is 5. The molecule has 0 spiro atoms. The number of halogens is 1. The highest BCUT2D eigenvalue weighted by atomic mass is 19.1. The van der Waals surface area contributed by atoms with Crippen LogP contribution in [0, 0.1) is 12.7 Å². The first kappa shape index (κ1) is 14.4. The molecule has 18 heavy (non-hydrogen) atoms. The number of carbonyl (C=O) groups is 1. The van der Waals surface area contributed by atoms with Crippen molar-refractivity contribution in [3.05, 3.63) is 29.6 Å². The molecule has 0 amide bonds. The van der Waals surface area contributed by atoms with Crippen LogP contribution in [0.2, 0.25) is 0 Å². The molecule has 0 aromatic heterocycles. The van der Waals surface area contributed by atoms with Crippen molar-refractivity contribution in [1.82, 2.24) is 5.32 Å². The highest BCUT2D eigenvalue weighted by Gasteiger charge is 2.34. The van der Waals surface area contributed by atoms with Crippen LogP contribution < -0.4 is 10.1 Å². The Morgan fingerprint density at radius 1 is 1.50 bits per heavy atom. The van der Waals surface area contributed by atoms with Crippen LogP contribution in [0.3, 0.4) is 0 Å². The fourth-order valence-electron chi connectivity index (χ4n) is 1.41. The monoisotopic (exact) mass is 255 g/mol. The molecule has 1 rings (SSSR count). The van der Waals surface area contributed by atoms with Gasteiger partial charge in [-0.1, -0.05) is 12.1 Å². The van der Waals surface area contributed by atoms with Crippen molar-refractivity contribution in [2.75, 3.05) is 20.8 Å². The second-order valence-electron chi connectivity index (χ2n) is 4.25. The summed E-state index contributed by atoms with van der Waals surface area (Å²) in [6.45, 7) is 3.27. The van der Waals surface area contributed by atoms with Gasteiger partial charge in [-0.05, 0) is 32.5 Å².